The molecule has 0 atom stereocenters. The lowest BCUT2D eigenvalue weighted by molar-refractivity contribution is 0.0152. The van der Waals surface area contributed by atoms with Crippen molar-refractivity contribution in [3.8, 4) is 0 Å². The standard InChI is InChI=1S/C24H31N3O4/c1-3-19-21-20(15-24(16-25-22(21)28)9-13-30-14-10-24)27(26-19)11-6-12-31-23(29)18-8-5-4-7-17(18)2/h4-5,7-8H,3,6,9-16H2,1-2H3,(H,25,28). The lowest BCUT2D eigenvalue weighted by Crippen LogP contribution is -2.40. The molecule has 2 aromatic rings. The van der Waals surface area contributed by atoms with Crippen LogP contribution in [0, 0.1) is 12.3 Å². The average molecular weight is 426 g/mol. The molecule has 0 aliphatic carbocycles. The molecule has 166 valence electrons. The monoisotopic (exact) mass is 425 g/mol. The first kappa shape index (κ1) is 21.6. The summed E-state index contributed by atoms with van der Waals surface area (Å²) in [5.41, 5.74) is 4.13. The van der Waals surface area contributed by atoms with Crippen LogP contribution in [-0.4, -0.2) is 48.0 Å². The third kappa shape index (κ3) is 4.51. The minimum Gasteiger partial charge on any atom is -0.462 e. The second-order valence-electron chi connectivity index (χ2n) is 8.62. The molecule has 0 unspecified atom stereocenters. The minimum atomic E-state index is -0.299. The van der Waals surface area contributed by atoms with Gasteiger partial charge in [-0.25, -0.2) is 4.79 Å². The van der Waals surface area contributed by atoms with Crippen molar-refractivity contribution in [3.63, 3.8) is 0 Å². The number of hydrogen-bond donors (Lipinski definition) is 1. The van der Waals surface area contributed by atoms with E-state index in [0.717, 1.165) is 55.0 Å². The first-order chi connectivity index (χ1) is 15.0. The van der Waals surface area contributed by atoms with Gasteiger partial charge in [-0.3, -0.25) is 9.48 Å². The quantitative estimate of drug-likeness (QED) is 0.568. The highest BCUT2D eigenvalue weighted by Gasteiger charge is 2.39. The number of fused-ring (bicyclic) bond motifs is 1. The number of nitrogens with zero attached hydrogens (tertiary/aromatic N) is 2. The molecule has 1 spiro atoms. The van der Waals surface area contributed by atoms with E-state index in [-0.39, 0.29) is 17.3 Å². The normalized spacial score (nSPS) is 17.7. The summed E-state index contributed by atoms with van der Waals surface area (Å²) in [6, 6.07) is 7.43. The van der Waals surface area contributed by atoms with E-state index in [1.165, 1.54) is 0 Å². The van der Waals surface area contributed by atoms with Crippen molar-refractivity contribution < 1.29 is 19.1 Å². The molecule has 4 rings (SSSR count). The van der Waals surface area contributed by atoms with Gasteiger partial charge in [-0.2, -0.15) is 5.10 Å². The average Bonchev–Trinajstić information content (AvgIpc) is 3.06. The summed E-state index contributed by atoms with van der Waals surface area (Å²) in [5, 5.41) is 7.89. The molecule has 1 aromatic heterocycles. The number of carbonyl (C=O) groups excluding carboxylic acids is 2. The Morgan fingerprint density at radius 2 is 2.06 bits per heavy atom. The molecular weight excluding hydrogens is 394 g/mol. The maximum atomic E-state index is 12.9. The van der Waals surface area contributed by atoms with Crippen molar-refractivity contribution >= 4 is 11.9 Å². The first-order valence-corrected chi connectivity index (χ1v) is 11.2. The van der Waals surface area contributed by atoms with Crippen LogP contribution in [-0.2, 0) is 28.9 Å². The van der Waals surface area contributed by atoms with Crippen LogP contribution in [0.3, 0.4) is 0 Å². The van der Waals surface area contributed by atoms with Gasteiger partial charge in [0.15, 0.2) is 0 Å². The Morgan fingerprint density at radius 1 is 1.29 bits per heavy atom. The molecule has 0 bridgehead atoms. The second kappa shape index (κ2) is 9.22. The number of rotatable bonds is 6. The number of aromatic nitrogens is 2. The van der Waals surface area contributed by atoms with Crippen molar-refractivity contribution in [2.75, 3.05) is 26.4 Å². The van der Waals surface area contributed by atoms with Crippen LogP contribution < -0.4 is 5.32 Å². The maximum absolute atomic E-state index is 12.9. The summed E-state index contributed by atoms with van der Waals surface area (Å²) >= 11 is 0. The topological polar surface area (TPSA) is 82.5 Å². The number of ether oxygens (including phenoxy) is 2. The van der Waals surface area contributed by atoms with E-state index in [1.54, 1.807) is 6.07 Å². The van der Waals surface area contributed by atoms with E-state index in [0.29, 0.717) is 38.1 Å². The van der Waals surface area contributed by atoms with Crippen molar-refractivity contribution in [1.82, 2.24) is 15.1 Å². The Kier molecular flexibility index (Phi) is 6.41. The molecule has 2 aliphatic heterocycles. The van der Waals surface area contributed by atoms with Crippen LogP contribution in [0.5, 0.6) is 0 Å². The van der Waals surface area contributed by atoms with Crippen molar-refractivity contribution in [2.45, 2.75) is 52.5 Å². The van der Waals surface area contributed by atoms with Crippen molar-refractivity contribution in [1.29, 1.82) is 0 Å². The van der Waals surface area contributed by atoms with Gasteiger partial charge in [-0.05, 0) is 49.7 Å². The van der Waals surface area contributed by atoms with Gasteiger partial charge in [0.25, 0.3) is 5.91 Å². The minimum absolute atomic E-state index is 0.0209. The molecule has 1 amide bonds. The molecule has 1 saturated heterocycles. The van der Waals surface area contributed by atoms with Gasteiger partial charge in [0, 0.05) is 32.7 Å². The molecule has 3 heterocycles. The number of benzene rings is 1. The van der Waals surface area contributed by atoms with Gasteiger partial charge in [0.1, 0.15) is 0 Å². The number of carbonyl (C=O) groups is 2. The van der Waals surface area contributed by atoms with Gasteiger partial charge in [-0.1, -0.05) is 25.1 Å². The molecule has 31 heavy (non-hydrogen) atoms. The Labute approximate surface area is 183 Å². The summed E-state index contributed by atoms with van der Waals surface area (Å²) < 4.78 is 13.0. The largest absolute Gasteiger partial charge is 0.462 e. The van der Waals surface area contributed by atoms with Crippen LogP contribution in [0.1, 0.15) is 63.9 Å². The van der Waals surface area contributed by atoms with Gasteiger partial charge in [-0.15, -0.1) is 0 Å². The zero-order valence-electron chi connectivity index (χ0n) is 18.4. The molecule has 1 N–H and O–H groups in total. The number of aryl methyl sites for hydroxylation is 3. The molecule has 7 heteroatoms. The van der Waals surface area contributed by atoms with Gasteiger partial charge in [0.2, 0.25) is 0 Å². The maximum Gasteiger partial charge on any atom is 0.338 e. The van der Waals surface area contributed by atoms with Crippen LogP contribution in [0.15, 0.2) is 24.3 Å². The third-order valence-corrected chi connectivity index (χ3v) is 6.52. The number of esters is 1. The number of nitrogens with one attached hydrogen (secondary N) is 1. The summed E-state index contributed by atoms with van der Waals surface area (Å²) in [5.74, 6) is -0.320. The summed E-state index contributed by atoms with van der Waals surface area (Å²) in [6.07, 6.45) is 4.05. The Balaban J connectivity index is 1.46. The van der Waals surface area contributed by atoms with E-state index in [9.17, 15) is 9.59 Å². The summed E-state index contributed by atoms with van der Waals surface area (Å²) in [4.78, 5) is 25.2. The fraction of sp³-hybridized carbons (Fsp3) is 0.542. The van der Waals surface area contributed by atoms with E-state index in [4.69, 9.17) is 14.6 Å². The molecule has 1 fully saturated rings. The van der Waals surface area contributed by atoms with Crippen LogP contribution in [0.25, 0.3) is 0 Å². The molecule has 7 nitrogen and oxygen atoms in total. The zero-order chi connectivity index (χ0) is 21.8. The van der Waals surface area contributed by atoms with Crippen LogP contribution in [0.2, 0.25) is 0 Å². The number of amides is 1. The van der Waals surface area contributed by atoms with E-state index in [1.807, 2.05) is 36.7 Å². The molecule has 2 aliphatic rings. The van der Waals surface area contributed by atoms with Crippen LogP contribution in [0.4, 0.5) is 0 Å². The fourth-order valence-corrected chi connectivity index (χ4v) is 4.62. The second-order valence-corrected chi connectivity index (χ2v) is 8.62. The van der Waals surface area contributed by atoms with Gasteiger partial charge in [0.05, 0.1) is 29.1 Å². The smallest absolute Gasteiger partial charge is 0.338 e. The highest BCUT2D eigenvalue weighted by atomic mass is 16.5. The molecule has 0 radical (unpaired) electrons. The summed E-state index contributed by atoms with van der Waals surface area (Å²) in [6.45, 7) is 7.00. The Hall–Kier alpha value is -2.67. The SMILES string of the molecule is CCc1nn(CCCOC(=O)c2ccccc2C)c2c1C(=O)NCC1(CCOCC1)C2. The third-order valence-electron chi connectivity index (χ3n) is 6.52. The highest BCUT2D eigenvalue weighted by Crippen LogP contribution is 2.37. The zero-order valence-corrected chi connectivity index (χ0v) is 18.4. The number of hydrogen-bond acceptors (Lipinski definition) is 5. The summed E-state index contributed by atoms with van der Waals surface area (Å²) in [7, 11) is 0. The molecule has 0 saturated carbocycles. The van der Waals surface area contributed by atoms with Crippen molar-refractivity contribution in [3.05, 3.63) is 52.3 Å². The first-order valence-electron chi connectivity index (χ1n) is 11.2. The predicted octanol–water partition coefficient (Wildman–Crippen LogP) is 3.08. The lowest BCUT2D eigenvalue weighted by atomic mass is 9.76. The predicted molar refractivity (Wildman–Crippen MR) is 116 cm³/mol. The van der Waals surface area contributed by atoms with E-state index < -0.39 is 0 Å². The Morgan fingerprint density at radius 3 is 2.81 bits per heavy atom. The Bertz CT molecular complexity index is 960. The van der Waals surface area contributed by atoms with Crippen molar-refractivity contribution in [2.24, 2.45) is 5.41 Å². The van der Waals surface area contributed by atoms with Gasteiger partial charge >= 0.3 is 5.97 Å². The molecular formula is C24H31N3O4. The van der Waals surface area contributed by atoms with Gasteiger partial charge < -0.3 is 14.8 Å². The molecule has 1 aromatic carbocycles. The van der Waals surface area contributed by atoms with Crippen LogP contribution >= 0.6 is 0 Å². The fourth-order valence-electron chi connectivity index (χ4n) is 4.62. The highest BCUT2D eigenvalue weighted by molar-refractivity contribution is 5.97. The van der Waals surface area contributed by atoms with E-state index in [2.05, 4.69) is 5.32 Å². The lowest BCUT2D eigenvalue weighted by Gasteiger charge is -2.36. The van der Waals surface area contributed by atoms with E-state index >= 15 is 0 Å².